The van der Waals surface area contributed by atoms with E-state index in [1.54, 1.807) is 17.5 Å². The monoisotopic (exact) mass is 292 g/mol. The number of anilines is 1. The first-order chi connectivity index (χ1) is 9.49. The van der Waals surface area contributed by atoms with Crippen LogP contribution in [0.25, 0.3) is 0 Å². The summed E-state index contributed by atoms with van der Waals surface area (Å²) in [6, 6.07) is 6.30. The number of carbonyl (C=O) groups is 2. The number of hydrogen-bond acceptors (Lipinski definition) is 5. The van der Waals surface area contributed by atoms with Crippen molar-refractivity contribution in [1.29, 1.82) is 0 Å². The van der Waals surface area contributed by atoms with Gasteiger partial charge in [0.25, 0.3) is 0 Å². The zero-order valence-electron chi connectivity index (χ0n) is 10.2. The smallest absolute Gasteiger partial charge is 0.337 e. The third-order valence-electron chi connectivity index (χ3n) is 2.62. The Kier molecular flexibility index (Phi) is 4.02. The highest BCUT2D eigenvalue weighted by Gasteiger charge is 2.19. The van der Waals surface area contributed by atoms with Crippen molar-refractivity contribution in [2.24, 2.45) is 5.73 Å². The minimum Gasteiger partial charge on any atom is -0.508 e. The number of carboxylic acids is 1. The molecule has 0 saturated carbocycles. The molecule has 1 heterocycles. The normalized spacial score (nSPS) is 11.8. The number of phenolic OH excluding ortho intramolecular Hbond substituents is 1. The second kappa shape index (κ2) is 5.72. The molecule has 1 aromatic carbocycles. The number of phenols is 1. The van der Waals surface area contributed by atoms with E-state index in [1.165, 1.54) is 23.5 Å². The molecule has 0 aliphatic heterocycles. The van der Waals surface area contributed by atoms with Crippen LogP contribution < -0.4 is 11.1 Å². The predicted octanol–water partition coefficient (Wildman–Crippen LogP) is 1.79. The average molecular weight is 292 g/mol. The van der Waals surface area contributed by atoms with Gasteiger partial charge in [-0.05, 0) is 29.6 Å². The second-order valence-corrected chi connectivity index (χ2v) is 5.00. The third-order valence-corrected chi connectivity index (χ3v) is 3.58. The highest BCUT2D eigenvalue weighted by atomic mass is 32.1. The minimum atomic E-state index is -1.25. The molecular weight excluding hydrogens is 280 g/mol. The summed E-state index contributed by atoms with van der Waals surface area (Å²) in [5.41, 5.74) is 5.68. The number of aromatic carboxylic acids is 1. The van der Waals surface area contributed by atoms with E-state index in [0.717, 1.165) is 6.07 Å². The van der Waals surface area contributed by atoms with Gasteiger partial charge >= 0.3 is 5.97 Å². The molecule has 0 saturated heterocycles. The van der Waals surface area contributed by atoms with E-state index in [0.29, 0.717) is 4.88 Å². The van der Waals surface area contributed by atoms with E-state index in [9.17, 15) is 14.7 Å². The van der Waals surface area contributed by atoms with Crippen molar-refractivity contribution in [2.75, 3.05) is 5.32 Å². The number of benzene rings is 1. The van der Waals surface area contributed by atoms with Gasteiger partial charge in [0.15, 0.2) is 0 Å². The Morgan fingerprint density at radius 1 is 1.30 bits per heavy atom. The Balaban J connectivity index is 2.22. The van der Waals surface area contributed by atoms with Crippen molar-refractivity contribution in [2.45, 2.75) is 6.04 Å². The summed E-state index contributed by atoms with van der Waals surface area (Å²) in [6.45, 7) is 0. The minimum absolute atomic E-state index is 0.0901. The number of amides is 1. The van der Waals surface area contributed by atoms with Crippen molar-refractivity contribution in [3.05, 3.63) is 46.2 Å². The topological polar surface area (TPSA) is 113 Å². The SMILES string of the molecule is NC(C(=O)Nc1ccc(O)cc1C(=O)O)c1cccs1. The van der Waals surface area contributed by atoms with Gasteiger partial charge in [-0.25, -0.2) is 4.79 Å². The maximum Gasteiger partial charge on any atom is 0.337 e. The van der Waals surface area contributed by atoms with Crippen molar-refractivity contribution in [3.8, 4) is 5.75 Å². The zero-order valence-corrected chi connectivity index (χ0v) is 11.1. The fraction of sp³-hybridized carbons (Fsp3) is 0.0769. The van der Waals surface area contributed by atoms with Crippen LogP contribution in [0.2, 0.25) is 0 Å². The van der Waals surface area contributed by atoms with Crippen LogP contribution in [0.1, 0.15) is 21.3 Å². The van der Waals surface area contributed by atoms with E-state index in [4.69, 9.17) is 10.8 Å². The van der Waals surface area contributed by atoms with Gasteiger partial charge < -0.3 is 21.3 Å². The Morgan fingerprint density at radius 3 is 2.65 bits per heavy atom. The molecule has 1 aromatic heterocycles. The van der Waals surface area contributed by atoms with Crippen LogP contribution in [0, 0.1) is 0 Å². The first-order valence-corrected chi connectivity index (χ1v) is 6.53. The maximum absolute atomic E-state index is 12.0. The lowest BCUT2D eigenvalue weighted by atomic mass is 10.1. The number of nitrogens with two attached hydrogens (primary N) is 1. The molecule has 0 radical (unpaired) electrons. The summed E-state index contributed by atoms with van der Waals surface area (Å²) in [6.07, 6.45) is 0. The molecule has 0 bridgehead atoms. The van der Waals surface area contributed by atoms with E-state index < -0.39 is 17.9 Å². The van der Waals surface area contributed by atoms with Gasteiger partial charge in [0.2, 0.25) is 5.91 Å². The van der Waals surface area contributed by atoms with Gasteiger partial charge in [0, 0.05) is 4.88 Å². The first kappa shape index (κ1) is 14.0. The summed E-state index contributed by atoms with van der Waals surface area (Å²) >= 11 is 1.34. The number of nitrogens with one attached hydrogen (secondary N) is 1. The lowest BCUT2D eigenvalue weighted by Gasteiger charge is -2.12. The molecule has 1 atom stereocenters. The van der Waals surface area contributed by atoms with Crippen LogP contribution in [0.5, 0.6) is 5.75 Å². The van der Waals surface area contributed by atoms with E-state index >= 15 is 0 Å². The molecule has 0 spiro atoms. The van der Waals surface area contributed by atoms with Crippen molar-refractivity contribution in [1.82, 2.24) is 0 Å². The van der Waals surface area contributed by atoms with Crippen molar-refractivity contribution in [3.63, 3.8) is 0 Å². The molecule has 104 valence electrons. The number of carbonyl (C=O) groups excluding carboxylic acids is 1. The van der Waals surface area contributed by atoms with Gasteiger partial charge in [0.05, 0.1) is 11.3 Å². The highest BCUT2D eigenvalue weighted by Crippen LogP contribution is 2.23. The third kappa shape index (κ3) is 2.95. The van der Waals surface area contributed by atoms with Crippen LogP contribution in [-0.2, 0) is 4.79 Å². The van der Waals surface area contributed by atoms with E-state index in [2.05, 4.69) is 5.32 Å². The summed E-state index contributed by atoms with van der Waals surface area (Å²) < 4.78 is 0. The van der Waals surface area contributed by atoms with Crippen LogP contribution >= 0.6 is 11.3 Å². The molecular formula is C13H12N2O4S. The fourth-order valence-electron chi connectivity index (χ4n) is 1.63. The zero-order chi connectivity index (χ0) is 14.7. The lowest BCUT2D eigenvalue weighted by Crippen LogP contribution is -2.27. The molecule has 2 rings (SSSR count). The summed E-state index contributed by atoms with van der Waals surface area (Å²) in [4.78, 5) is 23.7. The Bertz CT molecular complexity index is 640. The summed E-state index contributed by atoms with van der Waals surface area (Å²) in [5, 5.41) is 22.6. The average Bonchev–Trinajstić information content (AvgIpc) is 2.93. The van der Waals surface area contributed by atoms with Crippen LogP contribution in [0.3, 0.4) is 0 Å². The van der Waals surface area contributed by atoms with Crippen LogP contribution in [0.4, 0.5) is 5.69 Å². The van der Waals surface area contributed by atoms with E-state index in [1.807, 2.05) is 0 Å². The highest BCUT2D eigenvalue weighted by molar-refractivity contribution is 7.10. The first-order valence-electron chi connectivity index (χ1n) is 5.65. The van der Waals surface area contributed by atoms with E-state index in [-0.39, 0.29) is 17.0 Å². The second-order valence-electron chi connectivity index (χ2n) is 4.02. The van der Waals surface area contributed by atoms with Gasteiger partial charge in [-0.15, -0.1) is 11.3 Å². The molecule has 0 aliphatic rings. The summed E-state index contributed by atoms with van der Waals surface area (Å²) in [7, 11) is 0. The number of thiophene rings is 1. The number of rotatable bonds is 4. The van der Waals surface area contributed by atoms with Crippen molar-refractivity contribution < 1.29 is 19.8 Å². The van der Waals surface area contributed by atoms with Crippen molar-refractivity contribution >= 4 is 28.9 Å². The molecule has 0 aliphatic carbocycles. The Labute approximate surface area is 118 Å². The maximum atomic E-state index is 12.0. The standard InChI is InChI=1S/C13H12N2O4S/c14-11(10-2-1-5-20-10)12(17)15-9-4-3-7(16)6-8(9)13(18)19/h1-6,11,16H,14H2,(H,15,17)(H,18,19). The molecule has 0 fully saturated rings. The molecule has 1 amide bonds. The number of hydrogen-bond donors (Lipinski definition) is 4. The summed E-state index contributed by atoms with van der Waals surface area (Å²) in [5.74, 6) is -1.95. The van der Waals surface area contributed by atoms with Crippen LogP contribution in [0.15, 0.2) is 35.7 Å². The molecule has 1 unspecified atom stereocenters. The molecule has 20 heavy (non-hydrogen) atoms. The molecule has 6 nitrogen and oxygen atoms in total. The van der Waals surface area contributed by atoms with Gasteiger partial charge in [0.1, 0.15) is 11.8 Å². The molecule has 2 aromatic rings. The molecule has 5 N–H and O–H groups in total. The number of carboxylic acid groups (broad SMARTS) is 1. The number of aromatic hydroxyl groups is 1. The largest absolute Gasteiger partial charge is 0.508 e. The molecule has 7 heteroatoms. The quantitative estimate of drug-likeness (QED) is 0.642. The Hall–Kier alpha value is -2.38. The van der Waals surface area contributed by atoms with Gasteiger partial charge in [-0.1, -0.05) is 6.07 Å². The fourth-order valence-corrected chi connectivity index (χ4v) is 2.35. The van der Waals surface area contributed by atoms with Crippen LogP contribution in [-0.4, -0.2) is 22.1 Å². The van der Waals surface area contributed by atoms with Gasteiger partial charge in [-0.2, -0.15) is 0 Å². The van der Waals surface area contributed by atoms with Gasteiger partial charge in [-0.3, -0.25) is 4.79 Å². The Morgan fingerprint density at radius 2 is 2.05 bits per heavy atom. The lowest BCUT2D eigenvalue weighted by molar-refractivity contribution is -0.117. The predicted molar refractivity (Wildman–Crippen MR) is 74.9 cm³/mol.